The van der Waals surface area contributed by atoms with E-state index in [1.807, 2.05) is 6.20 Å². The molecule has 1 atom stereocenters. The third-order valence-electron chi connectivity index (χ3n) is 4.63. The minimum absolute atomic E-state index is 0.0597. The van der Waals surface area contributed by atoms with Crippen LogP contribution in [0.4, 0.5) is 4.79 Å². The number of aromatic amines is 1. The molecule has 1 aliphatic heterocycles. The Hall–Kier alpha value is -2.83. The van der Waals surface area contributed by atoms with E-state index in [2.05, 4.69) is 46.7 Å². The Balaban J connectivity index is 1.74. The van der Waals surface area contributed by atoms with Crippen molar-refractivity contribution in [2.45, 2.75) is 25.7 Å². The molecule has 3 rings (SSSR count). The standard InChI is InChI=1S/C18H23N5O2/c1-12-4-6-13(7-5-12)15-9-21-22-17(15)14-3-2-8-23(11-14)16(24)10-20-18(19)25/h4-7,9,14H,2-3,8,10-11H2,1H3,(H,21,22)(H3,19,20,25)/t14-/m0/s1. The average molecular weight is 341 g/mol. The van der Waals surface area contributed by atoms with Crippen LogP contribution in [0, 0.1) is 6.92 Å². The number of aryl methyl sites for hydroxylation is 1. The average Bonchev–Trinajstić information content (AvgIpc) is 3.10. The molecule has 25 heavy (non-hydrogen) atoms. The number of likely N-dealkylation sites (tertiary alicyclic amines) is 1. The number of benzene rings is 1. The molecule has 0 unspecified atom stereocenters. The fourth-order valence-corrected chi connectivity index (χ4v) is 3.28. The maximum atomic E-state index is 12.2. The number of nitrogens with two attached hydrogens (primary N) is 1. The highest BCUT2D eigenvalue weighted by atomic mass is 16.2. The fourth-order valence-electron chi connectivity index (χ4n) is 3.28. The van der Waals surface area contributed by atoms with E-state index < -0.39 is 6.03 Å². The number of piperidine rings is 1. The summed E-state index contributed by atoms with van der Waals surface area (Å²) in [5.74, 6) is 0.0879. The SMILES string of the molecule is Cc1ccc(-c2cn[nH]c2[C@H]2CCCN(C(=O)CNC(N)=O)C2)cc1. The smallest absolute Gasteiger partial charge is 0.312 e. The van der Waals surface area contributed by atoms with Crippen LogP contribution in [0.5, 0.6) is 0 Å². The first-order valence-electron chi connectivity index (χ1n) is 8.46. The van der Waals surface area contributed by atoms with Crippen molar-refractivity contribution in [1.82, 2.24) is 20.4 Å². The van der Waals surface area contributed by atoms with E-state index in [1.165, 1.54) is 5.56 Å². The molecule has 0 radical (unpaired) electrons. The van der Waals surface area contributed by atoms with Crippen molar-refractivity contribution in [3.05, 3.63) is 41.7 Å². The van der Waals surface area contributed by atoms with E-state index in [0.29, 0.717) is 13.1 Å². The first-order chi connectivity index (χ1) is 12.0. The van der Waals surface area contributed by atoms with E-state index >= 15 is 0 Å². The molecule has 0 saturated carbocycles. The monoisotopic (exact) mass is 341 g/mol. The minimum Gasteiger partial charge on any atom is -0.352 e. The lowest BCUT2D eigenvalue weighted by molar-refractivity contribution is -0.131. The number of hydrogen-bond acceptors (Lipinski definition) is 3. The van der Waals surface area contributed by atoms with Crippen molar-refractivity contribution in [2.24, 2.45) is 5.73 Å². The van der Waals surface area contributed by atoms with Gasteiger partial charge in [-0.25, -0.2) is 4.79 Å². The zero-order valence-electron chi connectivity index (χ0n) is 14.3. The first-order valence-corrected chi connectivity index (χ1v) is 8.46. The molecule has 132 valence electrons. The van der Waals surface area contributed by atoms with Crippen LogP contribution in [0.25, 0.3) is 11.1 Å². The van der Waals surface area contributed by atoms with Gasteiger partial charge in [-0.05, 0) is 25.3 Å². The van der Waals surface area contributed by atoms with Crippen molar-refractivity contribution < 1.29 is 9.59 Å². The molecule has 1 aliphatic rings. The summed E-state index contributed by atoms with van der Waals surface area (Å²) in [4.78, 5) is 24.8. The van der Waals surface area contributed by atoms with Crippen molar-refractivity contribution in [1.29, 1.82) is 0 Å². The lowest BCUT2D eigenvalue weighted by Crippen LogP contribution is -2.45. The van der Waals surface area contributed by atoms with Gasteiger partial charge >= 0.3 is 6.03 Å². The maximum absolute atomic E-state index is 12.2. The topological polar surface area (TPSA) is 104 Å². The van der Waals surface area contributed by atoms with Gasteiger partial charge in [-0.15, -0.1) is 0 Å². The van der Waals surface area contributed by atoms with Crippen LogP contribution in [0.3, 0.4) is 0 Å². The maximum Gasteiger partial charge on any atom is 0.312 e. The molecule has 3 amide bonds. The molecule has 2 heterocycles. The normalized spacial score (nSPS) is 17.3. The summed E-state index contributed by atoms with van der Waals surface area (Å²) < 4.78 is 0. The lowest BCUT2D eigenvalue weighted by atomic mass is 9.90. The van der Waals surface area contributed by atoms with Crippen LogP contribution >= 0.6 is 0 Å². The summed E-state index contributed by atoms with van der Waals surface area (Å²) in [6.45, 7) is 3.31. The second kappa shape index (κ2) is 7.38. The number of primary amides is 1. The van der Waals surface area contributed by atoms with Gasteiger partial charge in [-0.2, -0.15) is 5.10 Å². The number of H-pyrrole nitrogens is 1. The molecular formula is C18H23N5O2. The number of rotatable bonds is 4. The number of carbonyl (C=O) groups is 2. The Bertz CT molecular complexity index is 753. The summed E-state index contributed by atoms with van der Waals surface area (Å²) in [6, 6.07) is 7.66. The molecule has 1 aromatic heterocycles. The summed E-state index contributed by atoms with van der Waals surface area (Å²) in [6.07, 6.45) is 3.75. The van der Waals surface area contributed by atoms with E-state index in [-0.39, 0.29) is 18.4 Å². The van der Waals surface area contributed by atoms with Crippen LogP contribution < -0.4 is 11.1 Å². The second-order valence-corrected chi connectivity index (χ2v) is 6.46. The highest BCUT2D eigenvalue weighted by Crippen LogP contribution is 2.33. The van der Waals surface area contributed by atoms with Crippen LogP contribution in [0.1, 0.15) is 30.0 Å². The Morgan fingerprint density at radius 1 is 1.36 bits per heavy atom. The first kappa shape index (κ1) is 17.0. The number of nitrogens with zero attached hydrogens (tertiary/aromatic N) is 2. The molecule has 1 fully saturated rings. The minimum atomic E-state index is -0.683. The van der Waals surface area contributed by atoms with Gasteiger partial charge in [0.2, 0.25) is 5.91 Å². The Morgan fingerprint density at radius 2 is 2.12 bits per heavy atom. The molecule has 7 heteroatoms. The van der Waals surface area contributed by atoms with Crippen molar-refractivity contribution in [3.63, 3.8) is 0 Å². The molecular weight excluding hydrogens is 318 g/mol. The van der Waals surface area contributed by atoms with Crippen LogP contribution in [0.15, 0.2) is 30.5 Å². The molecule has 0 spiro atoms. The summed E-state index contributed by atoms with van der Waals surface area (Å²) in [5, 5.41) is 9.71. The van der Waals surface area contributed by atoms with E-state index in [9.17, 15) is 9.59 Å². The summed E-state index contributed by atoms with van der Waals surface area (Å²) >= 11 is 0. The molecule has 0 bridgehead atoms. The summed E-state index contributed by atoms with van der Waals surface area (Å²) in [7, 11) is 0. The van der Waals surface area contributed by atoms with Crippen molar-refractivity contribution >= 4 is 11.9 Å². The molecule has 1 aromatic carbocycles. The zero-order chi connectivity index (χ0) is 17.8. The number of hydrogen-bond donors (Lipinski definition) is 3. The van der Waals surface area contributed by atoms with E-state index in [0.717, 1.165) is 29.7 Å². The number of aromatic nitrogens is 2. The number of amides is 3. The lowest BCUT2D eigenvalue weighted by Gasteiger charge is -2.32. The number of urea groups is 1. The molecule has 0 aliphatic carbocycles. The van der Waals surface area contributed by atoms with Gasteiger partial charge in [0.1, 0.15) is 0 Å². The zero-order valence-corrected chi connectivity index (χ0v) is 14.3. The third kappa shape index (κ3) is 3.99. The highest BCUT2D eigenvalue weighted by Gasteiger charge is 2.27. The highest BCUT2D eigenvalue weighted by molar-refractivity contribution is 5.83. The largest absolute Gasteiger partial charge is 0.352 e. The van der Waals surface area contributed by atoms with Gasteiger partial charge in [0.15, 0.2) is 0 Å². The van der Waals surface area contributed by atoms with Crippen LogP contribution in [-0.4, -0.2) is 46.7 Å². The second-order valence-electron chi connectivity index (χ2n) is 6.46. The van der Waals surface area contributed by atoms with Gasteiger partial charge in [-0.1, -0.05) is 29.8 Å². The molecule has 4 N–H and O–H groups in total. The molecule has 1 saturated heterocycles. The Labute approximate surface area is 146 Å². The van der Waals surface area contributed by atoms with Crippen molar-refractivity contribution in [3.8, 4) is 11.1 Å². The van der Waals surface area contributed by atoms with E-state index in [4.69, 9.17) is 5.73 Å². The Morgan fingerprint density at radius 3 is 2.84 bits per heavy atom. The van der Waals surface area contributed by atoms with Gasteiger partial charge < -0.3 is 16.0 Å². The number of nitrogens with one attached hydrogen (secondary N) is 2. The predicted octanol–water partition coefficient (Wildman–Crippen LogP) is 1.76. The van der Waals surface area contributed by atoms with Crippen LogP contribution in [0.2, 0.25) is 0 Å². The van der Waals surface area contributed by atoms with Gasteiger partial charge in [0, 0.05) is 30.3 Å². The van der Waals surface area contributed by atoms with Crippen LogP contribution in [-0.2, 0) is 4.79 Å². The molecule has 7 nitrogen and oxygen atoms in total. The van der Waals surface area contributed by atoms with Crippen molar-refractivity contribution in [2.75, 3.05) is 19.6 Å². The quantitative estimate of drug-likeness (QED) is 0.789. The van der Waals surface area contributed by atoms with Gasteiger partial charge in [-0.3, -0.25) is 9.89 Å². The number of carbonyl (C=O) groups excluding carboxylic acids is 2. The predicted molar refractivity (Wildman–Crippen MR) is 94.9 cm³/mol. The third-order valence-corrected chi connectivity index (χ3v) is 4.63. The summed E-state index contributed by atoms with van der Waals surface area (Å²) in [5.41, 5.74) is 9.51. The van der Waals surface area contributed by atoms with Gasteiger partial charge in [0.05, 0.1) is 12.7 Å². The molecule has 2 aromatic rings. The fraction of sp³-hybridized carbons (Fsp3) is 0.389. The Kier molecular flexibility index (Phi) is 5.02. The van der Waals surface area contributed by atoms with Gasteiger partial charge in [0.25, 0.3) is 0 Å². The van der Waals surface area contributed by atoms with E-state index in [1.54, 1.807) is 4.90 Å².